The van der Waals surface area contributed by atoms with Gasteiger partial charge in [0.25, 0.3) is 0 Å². The van der Waals surface area contributed by atoms with Gasteiger partial charge in [-0.1, -0.05) is 59.6 Å². The molecule has 0 aliphatic carbocycles. The third-order valence-corrected chi connectivity index (χ3v) is 5.80. The molecule has 256 valence electrons. The van der Waals surface area contributed by atoms with Gasteiger partial charge in [-0.2, -0.15) is 10.4 Å². The monoisotopic (exact) mass is 639 g/mol. The van der Waals surface area contributed by atoms with Crippen LogP contribution in [0.2, 0.25) is 0 Å². The summed E-state index contributed by atoms with van der Waals surface area (Å²) in [5, 5.41) is 19.0. The summed E-state index contributed by atoms with van der Waals surface area (Å²) < 4.78 is 17.1. The molecule has 1 aliphatic rings. The zero-order chi connectivity index (χ0) is 35.5. The Balaban J connectivity index is 0. The van der Waals surface area contributed by atoms with Crippen molar-refractivity contribution in [2.45, 2.75) is 61.8 Å². The fourth-order valence-corrected chi connectivity index (χ4v) is 3.75. The van der Waals surface area contributed by atoms with Gasteiger partial charge < -0.3 is 30.6 Å². The summed E-state index contributed by atoms with van der Waals surface area (Å²) in [7, 11) is 1.74. The zero-order valence-corrected chi connectivity index (χ0v) is 29.5. The van der Waals surface area contributed by atoms with Gasteiger partial charge in [0, 0.05) is 50.1 Å². The van der Waals surface area contributed by atoms with Gasteiger partial charge in [0.1, 0.15) is 11.8 Å². The van der Waals surface area contributed by atoms with Crippen molar-refractivity contribution in [2.75, 3.05) is 57.2 Å². The van der Waals surface area contributed by atoms with Gasteiger partial charge in [-0.25, -0.2) is 4.52 Å². The average molecular weight is 640 g/mol. The molecule has 0 unspecified atom stereocenters. The number of nitrogens with one attached hydrogen (secondary N) is 2. The number of amides is 1. The number of nitriles is 1. The van der Waals surface area contributed by atoms with E-state index in [-0.39, 0.29) is 0 Å². The number of carbonyl (C=O) groups is 1. The van der Waals surface area contributed by atoms with Gasteiger partial charge in [0.05, 0.1) is 60.4 Å². The molecule has 0 atom stereocenters. The number of anilines is 2. The summed E-state index contributed by atoms with van der Waals surface area (Å²) in [6.07, 6.45) is 9.67. The minimum Gasteiger partial charge on any atom is -0.467 e. The number of nitrogens with zero attached hydrogens (tertiary/aromatic N) is 4. The fraction of sp³-hybridized carbons (Fsp3) is 0.457. The number of hydrogen-bond acceptors (Lipinski definition) is 9. The molecule has 3 heterocycles. The molecule has 0 saturated carbocycles. The first kappa shape index (κ1) is 43.8. The van der Waals surface area contributed by atoms with Crippen molar-refractivity contribution >= 4 is 23.3 Å². The number of aromatic nitrogens is 2. The average Bonchev–Trinajstić information content (AvgIpc) is 3.38. The lowest BCUT2D eigenvalue weighted by Crippen LogP contribution is -2.38. The second kappa shape index (κ2) is 27.0. The molecule has 1 amide bonds. The first-order valence-electron chi connectivity index (χ1n) is 15.5. The Hall–Kier alpha value is -4.37. The van der Waals surface area contributed by atoms with E-state index in [1.54, 1.807) is 43.8 Å². The van der Waals surface area contributed by atoms with E-state index in [1.165, 1.54) is 6.20 Å². The number of morpholine rings is 1. The van der Waals surface area contributed by atoms with Crippen molar-refractivity contribution in [3.05, 3.63) is 84.4 Å². The van der Waals surface area contributed by atoms with E-state index >= 15 is 0 Å². The number of fused-ring (bicyclic) bond motifs is 1. The minimum absolute atomic E-state index is 0.425. The smallest absolute Gasteiger partial charge is 0.211 e. The first-order valence-corrected chi connectivity index (χ1v) is 15.5. The fourth-order valence-electron chi connectivity index (χ4n) is 3.75. The Bertz CT molecular complexity index is 1300. The zero-order valence-electron chi connectivity index (χ0n) is 29.5. The lowest BCUT2D eigenvalue weighted by Gasteiger charge is -2.25. The molecule has 0 spiro atoms. The van der Waals surface area contributed by atoms with E-state index in [1.807, 2.05) is 47.6 Å². The van der Waals surface area contributed by atoms with Crippen LogP contribution in [0.5, 0.6) is 0 Å². The van der Waals surface area contributed by atoms with Crippen molar-refractivity contribution in [2.24, 2.45) is 5.73 Å². The van der Waals surface area contributed by atoms with Crippen molar-refractivity contribution in [3.63, 3.8) is 0 Å². The van der Waals surface area contributed by atoms with Crippen LogP contribution in [0.3, 0.4) is 0 Å². The van der Waals surface area contributed by atoms with E-state index in [2.05, 4.69) is 46.4 Å². The highest BCUT2D eigenvalue weighted by Gasteiger charge is 2.15. The van der Waals surface area contributed by atoms with Crippen LogP contribution in [0, 0.1) is 18.3 Å². The number of aryl methyl sites for hydroxylation is 1. The summed E-state index contributed by atoms with van der Waals surface area (Å²) >= 11 is 0. The number of ether oxygens (including phenoxy) is 3. The molecule has 1 fully saturated rings. The molecule has 2 aromatic rings. The molecular weight excluding hydrogens is 582 g/mol. The molecule has 4 N–H and O–H groups in total. The molecule has 0 bridgehead atoms. The topological polar surface area (TPSA) is 139 Å². The maximum atomic E-state index is 10.6. The van der Waals surface area contributed by atoms with Crippen molar-refractivity contribution in [1.29, 1.82) is 5.26 Å². The lowest BCUT2D eigenvalue weighted by atomic mass is 10.2. The number of nitrogens with two attached hydrogens (primary N) is 1. The molecule has 3 rings (SSSR count). The molecular formula is C35H57N7O4. The second-order valence-electron chi connectivity index (χ2n) is 9.33. The van der Waals surface area contributed by atoms with Crippen LogP contribution in [-0.2, 0) is 19.0 Å². The van der Waals surface area contributed by atoms with E-state index < -0.39 is 0 Å². The molecule has 46 heavy (non-hydrogen) atoms. The molecule has 1 aliphatic heterocycles. The van der Waals surface area contributed by atoms with Crippen LogP contribution < -0.4 is 16.4 Å². The number of carbonyl (C=O) groups excluding carboxylic acids is 1. The Morgan fingerprint density at radius 2 is 1.85 bits per heavy atom. The maximum absolute atomic E-state index is 10.6. The number of rotatable bonds is 12. The standard InChI is InChI=1S/C13H13N5O.C11H17NO.C7H15NO2.2C2H6/c1-8(2)17-12-10(4-14)5-16-18-6-11(15-7-19)9(3)13(12)18;1-5-7-11(13-9(3)4)8-10(12)6-2;1-9-5-2-8-3-6-10-7-4-8;2*1-2/h5-7,17H,1H2,2-3H3,(H,15,19);5-7H,1,3,8,12H2,2,4H3;2-7H2,1H3;2*1-2H3/b;10-6+,11-7+;;;. The third kappa shape index (κ3) is 17.2. The van der Waals surface area contributed by atoms with Crippen LogP contribution in [-0.4, -0.2) is 67.5 Å². The number of methoxy groups -OCH3 is 1. The van der Waals surface area contributed by atoms with Gasteiger partial charge in [0.2, 0.25) is 6.41 Å². The van der Waals surface area contributed by atoms with E-state index in [9.17, 15) is 4.79 Å². The van der Waals surface area contributed by atoms with Gasteiger partial charge in [-0.3, -0.25) is 9.69 Å². The van der Waals surface area contributed by atoms with Crippen LogP contribution in [0.4, 0.5) is 11.4 Å². The van der Waals surface area contributed by atoms with Gasteiger partial charge in [-0.05, 0) is 33.8 Å². The number of hydrogen-bond donors (Lipinski definition) is 3. The minimum atomic E-state index is 0.425. The van der Waals surface area contributed by atoms with E-state index in [4.69, 9.17) is 25.2 Å². The summed E-state index contributed by atoms with van der Waals surface area (Å²) in [6.45, 7) is 32.1. The Morgan fingerprint density at radius 3 is 2.33 bits per heavy atom. The van der Waals surface area contributed by atoms with Gasteiger partial charge in [0.15, 0.2) is 0 Å². The summed E-state index contributed by atoms with van der Waals surface area (Å²) in [5.74, 6) is 1.41. The largest absolute Gasteiger partial charge is 0.467 e. The highest BCUT2D eigenvalue weighted by atomic mass is 16.5. The normalized spacial score (nSPS) is 12.5. The molecule has 1 saturated heterocycles. The van der Waals surface area contributed by atoms with Crippen molar-refractivity contribution < 1.29 is 19.0 Å². The summed E-state index contributed by atoms with van der Waals surface area (Å²) in [4.78, 5) is 12.9. The van der Waals surface area contributed by atoms with Crippen LogP contribution in [0.25, 0.3) is 5.52 Å². The van der Waals surface area contributed by atoms with Crippen LogP contribution in [0.1, 0.15) is 66.0 Å². The molecule has 0 aromatic carbocycles. The Morgan fingerprint density at radius 1 is 1.22 bits per heavy atom. The van der Waals surface area contributed by atoms with Crippen molar-refractivity contribution in [3.8, 4) is 6.07 Å². The first-order chi connectivity index (χ1) is 22.1. The number of allylic oxidation sites excluding steroid dienone is 5. The molecule has 2 aromatic heterocycles. The van der Waals surface area contributed by atoms with Crippen molar-refractivity contribution in [1.82, 2.24) is 14.5 Å². The van der Waals surface area contributed by atoms with Gasteiger partial charge in [-0.15, -0.1) is 0 Å². The van der Waals surface area contributed by atoms with Crippen LogP contribution in [0.15, 0.2) is 73.3 Å². The highest BCUT2D eigenvalue weighted by Crippen LogP contribution is 2.30. The highest BCUT2D eigenvalue weighted by molar-refractivity contribution is 5.88. The molecule has 11 heteroatoms. The van der Waals surface area contributed by atoms with E-state index in [0.29, 0.717) is 35.5 Å². The SMILES string of the molecule is C=C(C)Nc1c(C#N)cnn2cc(NC=O)c(C)c12.C=C/C=C(\C/C(N)=C\C)OC(=C)C.CC.CC.COCCN1CCOCC1. The third-order valence-electron chi connectivity index (χ3n) is 5.80. The predicted molar refractivity (Wildman–Crippen MR) is 191 cm³/mol. The van der Waals surface area contributed by atoms with Gasteiger partial charge >= 0.3 is 0 Å². The lowest BCUT2D eigenvalue weighted by molar-refractivity contribution is -0.105. The summed E-state index contributed by atoms with van der Waals surface area (Å²) in [5.41, 5.74) is 10.4. The quantitative estimate of drug-likeness (QED) is 0.128. The second-order valence-corrected chi connectivity index (χ2v) is 9.33. The molecule has 0 radical (unpaired) electrons. The summed E-state index contributed by atoms with van der Waals surface area (Å²) in [6, 6.07) is 2.09. The predicted octanol–water partition coefficient (Wildman–Crippen LogP) is 6.90. The Kier molecular flexibility index (Phi) is 25.7. The van der Waals surface area contributed by atoms with Crippen LogP contribution >= 0.6 is 0 Å². The molecule has 11 nitrogen and oxygen atoms in total. The van der Waals surface area contributed by atoms with E-state index in [0.717, 1.165) is 67.7 Å². The Labute approximate surface area is 277 Å². The maximum Gasteiger partial charge on any atom is 0.211 e.